The van der Waals surface area contributed by atoms with Crippen molar-refractivity contribution in [2.75, 3.05) is 16.8 Å². The Kier molecular flexibility index (Phi) is 4.36. The molecule has 4 rings (SSSR count). The Labute approximate surface area is 165 Å². The Bertz CT molecular complexity index is 1150. The number of nitrogens with zero attached hydrogens (tertiary/aromatic N) is 6. The minimum absolute atomic E-state index is 0.00862. The molecule has 0 radical (unpaired) electrons. The van der Waals surface area contributed by atoms with Crippen LogP contribution in [0.1, 0.15) is 30.3 Å². The lowest BCUT2D eigenvalue weighted by atomic mass is 9.84. The summed E-state index contributed by atoms with van der Waals surface area (Å²) in [6.45, 7) is 1.86. The zero-order valence-electron chi connectivity index (χ0n) is 15.6. The number of anilines is 2. The third kappa shape index (κ3) is 3.00. The van der Waals surface area contributed by atoms with Crippen LogP contribution in [0.3, 0.4) is 0 Å². The number of hydrogen-bond donors (Lipinski definition) is 1. The molecule has 30 heavy (non-hydrogen) atoms. The third-order valence-corrected chi connectivity index (χ3v) is 4.93. The van der Waals surface area contributed by atoms with Gasteiger partial charge in [0.2, 0.25) is 0 Å². The minimum atomic E-state index is -4.69. The molecular formula is C17H14F5N7O. The van der Waals surface area contributed by atoms with Crippen LogP contribution in [-0.2, 0) is 5.41 Å². The largest absolute Gasteiger partial charge is 0.400 e. The van der Waals surface area contributed by atoms with Crippen LogP contribution in [0.15, 0.2) is 24.7 Å². The molecular weight excluding hydrogens is 413 g/mol. The van der Waals surface area contributed by atoms with E-state index in [1.54, 1.807) is 6.92 Å². The van der Waals surface area contributed by atoms with Crippen molar-refractivity contribution >= 4 is 23.1 Å². The van der Waals surface area contributed by atoms with Crippen molar-refractivity contribution in [1.29, 1.82) is 0 Å². The number of nitrogens with one attached hydrogen (secondary N) is 1. The first-order valence-electron chi connectivity index (χ1n) is 8.63. The van der Waals surface area contributed by atoms with Crippen molar-refractivity contribution in [3.63, 3.8) is 0 Å². The van der Waals surface area contributed by atoms with E-state index in [0.717, 1.165) is 30.3 Å². The second-order valence-electron chi connectivity index (χ2n) is 7.07. The zero-order valence-corrected chi connectivity index (χ0v) is 15.6. The Morgan fingerprint density at radius 3 is 2.70 bits per heavy atom. The molecule has 3 aromatic rings. The van der Waals surface area contributed by atoms with Crippen LogP contribution in [0.25, 0.3) is 5.65 Å². The molecule has 0 aromatic carbocycles. The number of alkyl halides is 5. The summed E-state index contributed by atoms with van der Waals surface area (Å²) >= 11 is 0. The van der Waals surface area contributed by atoms with Gasteiger partial charge in [0.25, 0.3) is 6.43 Å². The minimum Gasteiger partial charge on any atom is -0.306 e. The van der Waals surface area contributed by atoms with Gasteiger partial charge in [0.15, 0.2) is 5.65 Å². The normalized spacial score (nSPS) is 18.9. The van der Waals surface area contributed by atoms with Crippen molar-refractivity contribution in [3.8, 4) is 0 Å². The monoisotopic (exact) mass is 427 g/mol. The quantitative estimate of drug-likeness (QED) is 0.631. The number of amides is 2. The number of hydrogen-bond acceptors (Lipinski definition) is 5. The average molecular weight is 427 g/mol. The molecule has 3 aromatic heterocycles. The molecule has 1 aliphatic rings. The molecule has 0 fully saturated rings. The average Bonchev–Trinajstić information content (AvgIpc) is 3.19. The number of fused-ring (bicyclic) bond motifs is 3. The summed E-state index contributed by atoms with van der Waals surface area (Å²) in [5.74, 6) is 0. The first kappa shape index (κ1) is 19.9. The molecule has 0 unspecified atom stereocenters. The summed E-state index contributed by atoms with van der Waals surface area (Å²) in [4.78, 5) is 17.8. The highest BCUT2D eigenvalue weighted by Crippen LogP contribution is 2.51. The molecule has 1 aliphatic heterocycles. The Hall–Kier alpha value is -3.38. The molecule has 0 saturated heterocycles. The number of rotatable bonds is 2. The standard InChI is InChI=1S/C17H14F5N7O/c1-8-6-29-14(25-8)12-11(5-24-29)28(7-16(12,2)17(20,21)22)15(30)26-9-3-10(13(18)19)27-23-4-9/h3-6,13H,7H2,1-2H3,(H,26,27,30)/t16-/m1/s1. The lowest BCUT2D eigenvalue weighted by Crippen LogP contribution is -2.46. The SMILES string of the molecule is Cc1cn2ncc3c(c2n1)[C@](C)(C(F)(F)F)CN3C(=O)Nc1cnnc(C(F)F)c1. The molecule has 1 atom stereocenters. The van der Waals surface area contributed by atoms with E-state index in [0.29, 0.717) is 5.69 Å². The van der Waals surface area contributed by atoms with Crippen molar-refractivity contribution < 1.29 is 26.7 Å². The van der Waals surface area contributed by atoms with Gasteiger partial charge in [0.1, 0.15) is 11.1 Å². The highest BCUT2D eigenvalue weighted by atomic mass is 19.4. The fourth-order valence-corrected chi connectivity index (χ4v) is 3.42. The summed E-state index contributed by atoms with van der Waals surface area (Å²) in [5, 5.41) is 12.9. The summed E-state index contributed by atoms with van der Waals surface area (Å²) in [6, 6.07) is -0.0542. The predicted octanol–water partition coefficient (Wildman–Crippen LogP) is 3.64. The van der Waals surface area contributed by atoms with Crippen LogP contribution in [0.2, 0.25) is 0 Å². The lowest BCUT2D eigenvalue weighted by molar-refractivity contribution is -0.180. The van der Waals surface area contributed by atoms with E-state index in [-0.39, 0.29) is 22.6 Å². The number of aryl methyl sites for hydroxylation is 1. The van der Waals surface area contributed by atoms with Gasteiger partial charge in [0, 0.05) is 12.1 Å². The van der Waals surface area contributed by atoms with E-state index < -0.39 is 36.3 Å². The molecule has 2 amide bonds. The smallest absolute Gasteiger partial charge is 0.306 e. The van der Waals surface area contributed by atoms with Crippen molar-refractivity contribution in [1.82, 2.24) is 24.8 Å². The van der Waals surface area contributed by atoms with Gasteiger partial charge in [-0.2, -0.15) is 23.4 Å². The Balaban J connectivity index is 1.77. The second-order valence-corrected chi connectivity index (χ2v) is 7.07. The third-order valence-electron chi connectivity index (χ3n) is 4.93. The topological polar surface area (TPSA) is 88.3 Å². The molecule has 4 heterocycles. The number of aromatic nitrogens is 5. The van der Waals surface area contributed by atoms with E-state index in [9.17, 15) is 26.7 Å². The van der Waals surface area contributed by atoms with Gasteiger partial charge in [0.05, 0.1) is 35.7 Å². The molecule has 0 bridgehead atoms. The molecule has 13 heteroatoms. The van der Waals surface area contributed by atoms with Crippen molar-refractivity contribution in [2.45, 2.75) is 31.9 Å². The van der Waals surface area contributed by atoms with E-state index >= 15 is 0 Å². The molecule has 0 spiro atoms. The summed E-state index contributed by atoms with van der Waals surface area (Å²) in [5.41, 5.74) is -3.01. The second kappa shape index (κ2) is 6.57. The van der Waals surface area contributed by atoms with Crippen LogP contribution in [0, 0.1) is 6.92 Å². The van der Waals surface area contributed by atoms with Gasteiger partial charge >= 0.3 is 12.2 Å². The Morgan fingerprint density at radius 2 is 2.03 bits per heavy atom. The number of imidazole rings is 1. The van der Waals surface area contributed by atoms with Crippen LogP contribution in [0.4, 0.5) is 38.1 Å². The van der Waals surface area contributed by atoms with Crippen LogP contribution < -0.4 is 10.2 Å². The van der Waals surface area contributed by atoms with E-state index in [4.69, 9.17) is 0 Å². The fourth-order valence-electron chi connectivity index (χ4n) is 3.42. The zero-order chi connectivity index (χ0) is 21.8. The van der Waals surface area contributed by atoms with Crippen LogP contribution in [0.5, 0.6) is 0 Å². The van der Waals surface area contributed by atoms with Gasteiger partial charge in [-0.3, -0.25) is 4.90 Å². The van der Waals surface area contributed by atoms with Crippen LogP contribution >= 0.6 is 0 Å². The molecule has 1 N–H and O–H groups in total. The van der Waals surface area contributed by atoms with Gasteiger partial charge in [-0.25, -0.2) is 23.1 Å². The maximum absolute atomic E-state index is 14.0. The molecule has 8 nitrogen and oxygen atoms in total. The van der Waals surface area contributed by atoms with Gasteiger partial charge in [-0.05, 0) is 19.9 Å². The van der Waals surface area contributed by atoms with Gasteiger partial charge in [-0.1, -0.05) is 0 Å². The Morgan fingerprint density at radius 1 is 1.30 bits per heavy atom. The lowest BCUT2D eigenvalue weighted by Gasteiger charge is -2.28. The highest BCUT2D eigenvalue weighted by molar-refractivity contribution is 6.04. The predicted molar refractivity (Wildman–Crippen MR) is 94.5 cm³/mol. The van der Waals surface area contributed by atoms with E-state index in [2.05, 4.69) is 25.6 Å². The number of carbonyl (C=O) groups excluding carboxylic acids is 1. The van der Waals surface area contributed by atoms with Crippen molar-refractivity contribution in [2.24, 2.45) is 0 Å². The number of carbonyl (C=O) groups is 1. The van der Waals surface area contributed by atoms with E-state index in [1.165, 1.54) is 10.7 Å². The summed E-state index contributed by atoms with van der Waals surface area (Å²) < 4.78 is 69.0. The number of halogens is 5. The summed E-state index contributed by atoms with van der Waals surface area (Å²) in [6.07, 6.45) is -3.97. The highest BCUT2D eigenvalue weighted by Gasteiger charge is 2.60. The molecule has 0 aliphatic carbocycles. The fraction of sp³-hybridized carbons (Fsp3) is 0.353. The molecule has 158 valence electrons. The first-order valence-corrected chi connectivity index (χ1v) is 8.63. The van der Waals surface area contributed by atoms with Gasteiger partial charge < -0.3 is 5.32 Å². The molecule has 0 saturated carbocycles. The maximum Gasteiger partial charge on any atom is 0.400 e. The first-order chi connectivity index (χ1) is 14.0. The van der Waals surface area contributed by atoms with E-state index in [1.807, 2.05) is 0 Å². The van der Waals surface area contributed by atoms with Crippen LogP contribution in [-0.4, -0.2) is 43.5 Å². The maximum atomic E-state index is 14.0. The van der Waals surface area contributed by atoms with Crippen molar-refractivity contribution in [3.05, 3.63) is 41.6 Å². The summed E-state index contributed by atoms with van der Waals surface area (Å²) in [7, 11) is 0. The van der Waals surface area contributed by atoms with Gasteiger partial charge in [-0.15, -0.1) is 5.10 Å². The number of urea groups is 1.